The number of para-hydroxylation sites is 1. The maximum Gasteiger partial charge on any atom is 0.0489 e. The van der Waals surface area contributed by atoms with Gasteiger partial charge in [-0.3, -0.25) is 0 Å². The number of rotatable bonds is 4. The third-order valence-corrected chi connectivity index (χ3v) is 3.33. The van der Waals surface area contributed by atoms with Gasteiger partial charge in [0.25, 0.3) is 0 Å². The van der Waals surface area contributed by atoms with Crippen molar-refractivity contribution in [3.63, 3.8) is 0 Å². The molecule has 18 heavy (non-hydrogen) atoms. The van der Waals surface area contributed by atoms with Gasteiger partial charge in [-0.15, -0.1) is 0 Å². The van der Waals surface area contributed by atoms with E-state index in [2.05, 4.69) is 58.5 Å². The van der Waals surface area contributed by atoms with Crippen molar-refractivity contribution < 1.29 is 0 Å². The Kier molecular flexibility index (Phi) is 4.59. The molecular formula is C16H16BrN. The first-order chi connectivity index (χ1) is 8.75. The smallest absolute Gasteiger partial charge is 0.0489 e. The van der Waals surface area contributed by atoms with Crippen LogP contribution in [0.15, 0.2) is 65.1 Å². The molecule has 1 atom stereocenters. The fourth-order valence-electron chi connectivity index (χ4n) is 1.69. The Bertz CT molecular complexity index is 520. The standard InChI is InChI=1S/C16H16BrN/c1-13(11-12-14-7-3-2-4-8-14)18-16-10-6-5-9-15(16)17/h2-13,18H,1H3. The second kappa shape index (κ2) is 6.41. The van der Waals surface area contributed by atoms with Crippen molar-refractivity contribution in [3.05, 3.63) is 70.7 Å². The Morgan fingerprint density at radius 1 is 1.00 bits per heavy atom. The molecule has 1 nitrogen and oxygen atoms in total. The third kappa shape index (κ3) is 3.74. The van der Waals surface area contributed by atoms with Gasteiger partial charge in [-0.05, 0) is 40.5 Å². The summed E-state index contributed by atoms with van der Waals surface area (Å²) in [6.45, 7) is 2.14. The monoisotopic (exact) mass is 301 g/mol. The maximum absolute atomic E-state index is 3.53. The van der Waals surface area contributed by atoms with Crippen LogP contribution in [0.1, 0.15) is 12.5 Å². The lowest BCUT2D eigenvalue weighted by Crippen LogP contribution is -2.11. The number of halogens is 1. The molecule has 1 N–H and O–H groups in total. The van der Waals surface area contributed by atoms with Gasteiger partial charge in [-0.25, -0.2) is 0 Å². The SMILES string of the molecule is CC(C=Cc1ccccc1)Nc1ccccc1Br. The van der Waals surface area contributed by atoms with E-state index in [1.807, 2.05) is 36.4 Å². The van der Waals surface area contributed by atoms with Crippen molar-refractivity contribution in [2.45, 2.75) is 13.0 Å². The molecule has 2 heteroatoms. The molecule has 0 aliphatic heterocycles. The van der Waals surface area contributed by atoms with Crippen LogP contribution in [0.4, 0.5) is 5.69 Å². The quantitative estimate of drug-likeness (QED) is 0.841. The highest BCUT2D eigenvalue weighted by molar-refractivity contribution is 9.10. The Morgan fingerprint density at radius 2 is 1.67 bits per heavy atom. The summed E-state index contributed by atoms with van der Waals surface area (Å²) in [5, 5.41) is 3.45. The normalized spacial score (nSPS) is 12.6. The van der Waals surface area contributed by atoms with Gasteiger partial charge in [-0.1, -0.05) is 54.6 Å². The van der Waals surface area contributed by atoms with Gasteiger partial charge in [0.05, 0.1) is 0 Å². The molecule has 2 aromatic carbocycles. The minimum absolute atomic E-state index is 0.281. The van der Waals surface area contributed by atoms with Crippen LogP contribution in [-0.2, 0) is 0 Å². The molecule has 0 spiro atoms. The van der Waals surface area contributed by atoms with Crippen molar-refractivity contribution in [1.82, 2.24) is 0 Å². The molecule has 2 aromatic rings. The number of nitrogens with one attached hydrogen (secondary N) is 1. The van der Waals surface area contributed by atoms with Crippen LogP contribution in [0.3, 0.4) is 0 Å². The molecule has 0 saturated heterocycles. The largest absolute Gasteiger partial charge is 0.378 e. The molecule has 0 saturated carbocycles. The highest BCUT2D eigenvalue weighted by Crippen LogP contribution is 2.22. The zero-order valence-electron chi connectivity index (χ0n) is 10.3. The molecule has 0 aliphatic carbocycles. The third-order valence-electron chi connectivity index (χ3n) is 2.63. The summed E-state index contributed by atoms with van der Waals surface area (Å²) >= 11 is 3.53. The first kappa shape index (κ1) is 12.9. The summed E-state index contributed by atoms with van der Waals surface area (Å²) < 4.78 is 1.09. The first-order valence-electron chi connectivity index (χ1n) is 6.00. The van der Waals surface area contributed by atoms with Gasteiger partial charge in [0.1, 0.15) is 0 Å². The lowest BCUT2D eigenvalue weighted by molar-refractivity contribution is 1.00. The number of benzene rings is 2. The molecule has 0 fully saturated rings. The van der Waals surface area contributed by atoms with E-state index in [0.29, 0.717) is 0 Å². The van der Waals surface area contributed by atoms with Gasteiger partial charge >= 0.3 is 0 Å². The maximum atomic E-state index is 3.53. The Labute approximate surface area is 117 Å². The summed E-state index contributed by atoms with van der Waals surface area (Å²) in [6.07, 6.45) is 4.29. The van der Waals surface area contributed by atoms with E-state index in [1.165, 1.54) is 5.56 Å². The van der Waals surface area contributed by atoms with E-state index in [0.717, 1.165) is 10.2 Å². The summed E-state index contributed by atoms with van der Waals surface area (Å²) in [7, 11) is 0. The average molecular weight is 302 g/mol. The summed E-state index contributed by atoms with van der Waals surface area (Å²) in [5.41, 5.74) is 2.33. The van der Waals surface area contributed by atoms with E-state index in [1.54, 1.807) is 0 Å². The topological polar surface area (TPSA) is 12.0 Å². The second-order valence-electron chi connectivity index (χ2n) is 4.18. The van der Waals surface area contributed by atoms with Crippen molar-refractivity contribution in [2.24, 2.45) is 0 Å². The van der Waals surface area contributed by atoms with Gasteiger partial charge < -0.3 is 5.32 Å². The minimum Gasteiger partial charge on any atom is -0.378 e. The molecule has 1 unspecified atom stereocenters. The van der Waals surface area contributed by atoms with Gasteiger partial charge in [0.15, 0.2) is 0 Å². The van der Waals surface area contributed by atoms with E-state index in [4.69, 9.17) is 0 Å². The highest BCUT2D eigenvalue weighted by Gasteiger charge is 2.00. The summed E-state index contributed by atoms with van der Waals surface area (Å²) in [6, 6.07) is 18.7. The fraction of sp³-hybridized carbons (Fsp3) is 0.125. The lowest BCUT2D eigenvalue weighted by atomic mass is 10.2. The molecule has 92 valence electrons. The molecule has 0 heterocycles. The van der Waals surface area contributed by atoms with Crippen LogP contribution in [0.25, 0.3) is 6.08 Å². The molecule has 0 radical (unpaired) electrons. The van der Waals surface area contributed by atoms with Crippen LogP contribution in [0, 0.1) is 0 Å². The van der Waals surface area contributed by atoms with Crippen LogP contribution in [0.2, 0.25) is 0 Å². The summed E-state index contributed by atoms with van der Waals surface area (Å²) in [4.78, 5) is 0. The Balaban J connectivity index is 1.99. The highest BCUT2D eigenvalue weighted by atomic mass is 79.9. The zero-order chi connectivity index (χ0) is 12.8. The van der Waals surface area contributed by atoms with E-state index in [9.17, 15) is 0 Å². The molecule has 0 amide bonds. The molecular weight excluding hydrogens is 286 g/mol. The van der Waals surface area contributed by atoms with Crippen molar-refractivity contribution >= 4 is 27.7 Å². The second-order valence-corrected chi connectivity index (χ2v) is 5.04. The Morgan fingerprint density at radius 3 is 2.39 bits per heavy atom. The summed E-state index contributed by atoms with van der Waals surface area (Å²) in [5.74, 6) is 0. The lowest BCUT2D eigenvalue weighted by Gasteiger charge is -2.12. The van der Waals surface area contributed by atoms with E-state index in [-0.39, 0.29) is 6.04 Å². The minimum atomic E-state index is 0.281. The predicted octanol–water partition coefficient (Wildman–Crippen LogP) is 4.96. The molecule has 0 aliphatic rings. The molecule has 0 aromatic heterocycles. The van der Waals surface area contributed by atoms with Gasteiger partial charge in [-0.2, -0.15) is 0 Å². The van der Waals surface area contributed by atoms with Crippen molar-refractivity contribution in [3.8, 4) is 0 Å². The van der Waals surface area contributed by atoms with Crippen molar-refractivity contribution in [2.75, 3.05) is 5.32 Å². The van der Waals surface area contributed by atoms with Gasteiger partial charge in [0, 0.05) is 16.2 Å². The van der Waals surface area contributed by atoms with Crippen LogP contribution < -0.4 is 5.32 Å². The number of anilines is 1. The van der Waals surface area contributed by atoms with Gasteiger partial charge in [0.2, 0.25) is 0 Å². The van der Waals surface area contributed by atoms with E-state index >= 15 is 0 Å². The van der Waals surface area contributed by atoms with Crippen molar-refractivity contribution in [1.29, 1.82) is 0 Å². The van der Waals surface area contributed by atoms with Crippen LogP contribution >= 0.6 is 15.9 Å². The average Bonchev–Trinajstić information content (AvgIpc) is 2.40. The number of hydrogen-bond donors (Lipinski definition) is 1. The number of hydrogen-bond acceptors (Lipinski definition) is 1. The first-order valence-corrected chi connectivity index (χ1v) is 6.79. The van der Waals surface area contributed by atoms with E-state index < -0.39 is 0 Å². The van der Waals surface area contributed by atoms with Crippen LogP contribution in [-0.4, -0.2) is 6.04 Å². The van der Waals surface area contributed by atoms with Crippen LogP contribution in [0.5, 0.6) is 0 Å². The zero-order valence-corrected chi connectivity index (χ0v) is 11.9. The Hall–Kier alpha value is -1.54. The fourth-order valence-corrected chi connectivity index (χ4v) is 2.09. The predicted molar refractivity (Wildman–Crippen MR) is 82.7 cm³/mol. The molecule has 0 bridgehead atoms. The molecule has 2 rings (SSSR count).